The van der Waals surface area contributed by atoms with Gasteiger partial charge in [-0.1, -0.05) is 83.7 Å². The predicted molar refractivity (Wildman–Crippen MR) is 138 cm³/mol. The number of unbranched alkanes of at least 4 members (excludes halogenated alkanes) is 1. The monoisotopic (exact) mass is 432 g/mol. The van der Waals surface area contributed by atoms with Crippen molar-refractivity contribution in [3.05, 3.63) is 41.1 Å². The van der Waals surface area contributed by atoms with E-state index >= 15 is 0 Å². The molecule has 1 rings (SSSR count). The van der Waals surface area contributed by atoms with E-state index in [1.165, 1.54) is 54.1 Å². The Morgan fingerprint density at radius 1 is 0.966 bits per heavy atom. The summed E-state index contributed by atoms with van der Waals surface area (Å²) in [7, 11) is -2.72. The van der Waals surface area contributed by atoms with Crippen molar-refractivity contribution in [1.82, 2.24) is 0 Å². The molecule has 0 radical (unpaired) electrons. The first-order valence-electron chi connectivity index (χ1n) is 12.0. The Morgan fingerprint density at radius 2 is 1.59 bits per heavy atom. The zero-order valence-corrected chi connectivity index (χ0v) is 23.0. The van der Waals surface area contributed by atoms with Gasteiger partial charge in [0.15, 0.2) is 8.32 Å². The lowest BCUT2D eigenvalue weighted by molar-refractivity contribution is 0.0829. The molecule has 1 aromatic carbocycles. The van der Waals surface area contributed by atoms with E-state index in [0.29, 0.717) is 0 Å². The Balaban J connectivity index is 2.66. The molecular formula is C26H48OSi2. The zero-order chi connectivity index (χ0) is 22.1. The normalized spacial score (nSPS) is 13.8. The molecule has 0 heterocycles. The Bertz CT molecular complexity index is 628. The first-order chi connectivity index (χ1) is 13.5. The number of aryl methyl sites for hydroxylation is 1. The lowest BCUT2D eigenvalue weighted by Crippen LogP contribution is -2.44. The van der Waals surface area contributed by atoms with E-state index in [2.05, 4.69) is 91.1 Å². The number of allylic oxidation sites excluding steroid dienone is 1. The van der Waals surface area contributed by atoms with Crippen LogP contribution < -0.4 is 0 Å². The van der Waals surface area contributed by atoms with Crippen LogP contribution in [-0.4, -0.2) is 22.0 Å². The van der Waals surface area contributed by atoms with Crippen LogP contribution in [0.2, 0.25) is 37.8 Å². The fourth-order valence-electron chi connectivity index (χ4n) is 4.32. The molecule has 0 aliphatic rings. The quantitative estimate of drug-likeness (QED) is 0.223. The SMILES string of the molecule is CC/C(=C\[Si](C)(C)C)c1cccc(CCCCC(C)(C)O[Si](CC)(CC)CC)c1. The fourth-order valence-corrected chi connectivity index (χ4v) is 8.95. The Labute approximate surface area is 184 Å². The molecule has 0 unspecified atom stereocenters. The first kappa shape index (κ1) is 26.4. The largest absolute Gasteiger partial charge is 0.412 e. The molecule has 1 aromatic rings. The van der Waals surface area contributed by atoms with E-state index < -0.39 is 16.4 Å². The summed E-state index contributed by atoms with van der Waals surface area (Å²) < 4.78 is 6.77. The van der Waals surface area contributed by atoms with E-state index in [0.717, 1.165) is 12.8 Å². The van der Waals surface area contributed by atoms with Crippen LogP contribution in [0.15, 0.2) is 30.0 Å². The van der Waals surface area contributed by atoms with Gasteiger partial charge in [-0.15, -0.1) is 0 Å². The van der Waals surface area contributed by atoms with Crippen LogP contribution in [0.4, 0.5) is 0 Å². The minimum atomic E-state index is -1.52. The van der Waals surface area contributed by atoms with Crippen LogP contribution in [0.5, 0.6) is 0 Å². The van der Waals surface area contributed by atoms with Gasteiger partial charge in [0.25, 0.3) is 0 Å². The van der Waals surface area contributed by atoms with Gasteiger partial charge in [-0.2, -0.15) is 0 Å². The maximum absolute atomic E-state index is 6.77. The summed E-state index contributed by atoms with van der Waals surface area (Å²) in [6.07, 6.45) is 5.94. The summed E-state index contributed by atoms with van der Waals surface area (Å²) in [6, 6.07) is 13.0. The van der Waals surface area contributed by atoms with Gasteiger partial charge in [-0.25, -0.2) is 0 Å². The molecule has 0 aliphatic carbocycles. The van der Waals surface area contributed by atoms with Gasteiger partial charge in [-0.3, -0.25) is 0 Å². The number of rotatable bonds is 13. The third kappa shape index (κ3) is 9.36. The van der Waals surface area contributed by atoms with Crippen molar-refractivity contribution < 1.29 is 4.43 Å². The van der Waals surface area contributed by atoms with Crippen LogP contribution in [0, 0.1) is 0 Å². The van der Waals surface area contributed by atoms with Gasteiger partial charge in [0, 0.05) is 0 Å². The summed E-state index contributed by atoms with van der Waals surface area (Å²) >= 11 is 0. The second-order valence-electron chi connectivity index (χ2n) is 10.4. The molecule has 0 aliphatic heterocycles. The molecule has 0 saturated carbocycles. The Kier molecular flexibility index (Phi) is 10.6. The number of benzene rings is 1. The van der Waals surface area contributed by atoms with Crippen molar-refractivity contribution in [3.63, 3.8) is 0 Å². The highest BCUT2D eigenvalue weighted by atomic mass is 28.4. The molecule has 0 aromatic heterocycles. The first-order valence-corrected chi connectivity index (χ1v) is 18.1. The van der Waals surface area contributed by atoms with E-state index in [1.54, 1.807) is 0 Å². The van der Waals surface area contributed by atoms with Gasteiger partial charge in [0.1, 0.15) is 0 Å². The smallest absolute Gasteiger partial charge is 0.192 e. The summed E-state index contributed by atoms with van der Waals surface area (Å²) in [6.45, 7) is 21.1. The van der Waals surface area contributed by atoms with Crippen LogP contribution in [0.25, 0.3) is 5.57 Å². The summed E-state index contributed by atoms with van der Waals surface area (Å²) in [5, 5.41) is 0. The highest BCUT2D eigenvalue weighted by Crippen LogP contribution is 2.31. The molecule has 29 heavy (non-hydrogen) atoms. The third-order valence-electron chi connectivity index (χ3n) is 6.21. The van der Waals surface area contributed by atoms with E-state index in [-0.39, 0.29) is 5.60 Å². The van der Waals surface area contributed by atoms with Crippen molar-refractivity contribution in [2.45, 2.75) is 117 Å². The molecule has 0 amide bonds. The number of hydrogen-bond acceptors (Lipinski definition) is 1. The molecule has 0 spiro atoms. The van der Waals surface area contributed by atoms with Crippen LogP contribution in [-0.2, 0) is 10.8 Å². The lowest BCUT2D eigenvalue weighted by Gasteiger charge is -2.38. The van der Waals surface area contributed by atoms with E-state index in [9.17, 15) is 0 Å². The molecule has 0 bridgehead atoms. The predicted octanol–water partition coefficient (Wildman–Crippen LogP) is 8.87. The summed E-state index contributed by atoms with van der Waals surface area (Å²) in [5.41, 5.74) is 7.03. The van der Waals surface area contributed by atoms with Crippen molar-refractivity contribution >= 4 is 22.0 Å². The fraction of sp³-hybridized carbons (Fsp3) is 0.692. The summed E-state index contributed by atoms with van der Waals surface area (Å²) in [5.74, 6) is 0. The highest BCUT2D eigenvalue weighted by Gasteiger charge is 2.35. The molecule has 0 N–H and O–H groups in total. The second-order valence-corrected chi connectivity index (χ2v) is 20.1. The van der Waals surface area contributed by atoms with Gasteiger partial charge >= 0.3 is 0 Å². The standard InChI is InChI=1S/C26H48OSi2/c1-10-24(22-28(7,8)9)25-19-16-18-23(21-25)17-14-15-20-26(5,6)27-29(11-2,12-3)13-4/h16,18-19,21-22H,10-15,17,20H2,1-9H3/b24-22+. The van der Waals surface area contributed by atoms with Crippen molar-refractivity contribution in [1.29, 1.82) is 0 Å². The van der Waals surface area contributed by atoms with Gasteiger partial charge in [-0.05, 0) is 74.4 Å². The average molecular weight is 433 g/mol. The van der Waals surface area contributed by atoms with Crippen molar-refractivity contribution in [2.75, 3.05) is 0 Å². The Morgan fingerprint density at radius 3 is 2.10 bits per heavy atom. The van der Waals surface area contributed by atoms with Crippen molar-refractivity contribution in [2.24, 2.45) is 0 Å². The maximum Gasteiger partial charge on any atom is 0.192 e. The topological polar surface area (TPSA) is 9.23 Å². The van der Waals surface area contributed by atoms with Gasteiger partial charge in [0.2, 0.25) is 0 Å². The molecule has 166 valence electrons. The van der Waals surface area contributed by atoms with E-state index in [1.807, 2.05) is 0 Å². The average Bonchev–Trinajstić information content (AvgIpc) is 2.67. The third-order valence-corrected chi connectivity index (χ3v) is 12.3. The molecule has 3 heteroatoms. The van der Waals surface area contributed by atoms with Crippen LogP contribution in [0.1, 0.15) is 78.4 Å². The summed E-state index contributed by atoms with van der Waals surface area (Å²) in [4.78, 5) is 0. The second kappa shape index (κ2) is 11.7. The highest BCUT2D eigenvalue weighted by molar-refractivity contribution is 6.81. The van der Waals surface area contributed by atoms with E-state index in [4.69, 9.17) is 4.43 Å². The molecule has 1 nitrogen and oxygen atoms in total. The van der Waals surface area contributed by atoms with Gasteiger partial charge in [0.05, 0.1) is 13.7 Å². The minimum Gasteiger partial charge on any atom is -0.412 e. The zero-order valence-electron chi connectivity index (χ0n) is 21.0. The Hall–Kier alpha value is -0.646. The lowest BCUT2D eigenvalue weighted by atomic mass is 9.97. The molecule has 0 saturated heterocycles. The molecule has 0 atom stereocenters. The molecular weight excluding hydrogens is 384 g/mol. The van der Waals surface area contributed by atoms with Gasteiger partial charge < -0.3 is 4.43 Å². The van der Waals surface area contributed by atoms with Crippen LogP contribution >= 0.6 is 0 Å². The molecule has 0 fully saturated rings. The minimum absolute atomic E-state index is 0.0194. The maximum atomic E-state index is 6.77. The number of hydrogen-bond donors (Lipinski definition) is 0. The van der Waals surface area contributed by atoms with Crippen LogP contribution in [0.3, 0.4) is 0 Å². The van der Waals surface area contributed by atoms with Crippen molar-refractivity contribution in [3.8, 4) is 0 Å².